The summed E-state index contributed by atoms with van der Waals surface area (Å²) in [6.45, 7) is 2.44. The maximum absolute atomic E-state index is 5.40. The van der Waals surface area contributed by atoms with Crippen molar-refractivity contribution in [1.82, 2.24) is 15.5 Å². The molecule has 0 radical (unpaired) electrons. The fourth-order valence-corrected chi connectivity index (χ4v) is 3.01. The molecule has 5 nitrogen and oxygen atoms in total. The van der Waals surface area contributed by atoms with E-state index in [9.17, 15) is 0 Å². The summed E-state index contributed by atoms with van der Waals surface area (Å²) in [7, 11) is 3.36. The zero-order valence-electron chi connectivity index (χ0n) is 12.1. The van der Waals surface area contributed by atoms with Crippen molar-refractivity contribution in [2.45, 2.75) is 6.42 Å². The molecule has 0 aliphatic rings. The molecule has 114 valence electrons. The van der Waals surface area contributed by atoms with E-state index in [4.69, 9.17) is 9.47 Å². The monoisotopic (exact) mass is 371 g/mol. The molecule has 0 aliphatic heterocycles. The van der Waals surface area contributed by atoms with Crippen LogP contribution in [0.3, 0.4) is 0 Å². The number of aromatic nitrogens is 2. The smallest absolute Gasteiger partial charge is 0.151 e. The van der Waals surface area contributed by atoms with Gasteiger partial charge in [0.25, 0.3) is 0 Å². The molecule has 1 N–H and O–H groups in total. The van der Waals surface area contributed by atoms with Crippen LogP contribution < -0.4 is 10.1 Å². The summed E-state index contributed by atoms with van der Waals surface area (Å²) >= 11 is 5.03. The van der Waals surface area contributed by atoms with E-state index in [0.29, 0.717) is 0 Å². The maximum atomic E-state index is 5.40. The predicted octanol–water partition coefficient (Wildman–Crippen LogP) is 2.75. The Balaban J connectivity index is 1.99. The first-order valence-corrected chi connectivity index (χ1v) is 8.21. The van der Waals surface area contributed by atoms with Gasteiger partial charge in [0.15, 0.2) is 5.01 Å². The second-order valence-corrected chi connectivity index (χ2v) is 6.32. The lowest BCUT2D eigenvalue weighted by molar-refractivity contribution is 0.199. The molecule has 0 saturated carbocycles. The number of methoxy groups -OCH3 is 2. The van der Waals surface area contributed by atoms with Gasteiger partial charge in [-0.15, -0.1) is 10.2 Å². The van der Waals surface area contributed by atoms with Crippen LogP contribution in [0.4, 0.5) is 0 Å². The fourth-order valence-electron chi connectivity index (χ4n) is 1.80. The van der Waals surface area contributed by atoms with Gasteiger partial charge in [0.05, 0.1) is 19.3 Å². The lowest BCUT2D eigenvalue weighted by Crippen LogP contribution is -2.21. The molecule has 21 heavy (non-hydrogen) atoms. The largest absolute Gasteiger partial charge is 0.496 e. The Kier molecular flexibility index (Phi) is 6.56. The van der Waals surface area contributed by atoms with Crippen molar-refractivity contribution in [3.05, 3.63) is 27.7 Å². The van der Waals surface area contributed by atoms with Crippen molar-refractivity contribution in [2.75, 3.05) is 33.9 Å². The molecule has 1 aromatic heterocycles. The van der Waals surface area contributed by atoms with Crippen LogP contribution in [0.15, 0.2) is 22.7 Å². The average Bonchev–Trinajstić information content (AvgIpc) is 2.95. The molecular formula is C14H18BrN3O2S. The lowest BCUT2D eigenvalue weighted by atomic mass is 10.2. The summed E-state index contributed by atoms with van der Waals surface area (Å²) in [5.41, 5.74) is 0.969. The van der Waals surface area contributed by atoms with Crippen molar-refractivity contribution in [1.29, 1.82) is 0 Å². The minimum atomic E-state index is 0.720. The van der Waals surface area contributed by atoms with Crippen molar-refractivity contribution in [3.8, 4) is 16.3 Å². The molecule has 0 unspecified atom stereocenters. The minimum Gasteiger partial charge on any atom is -0.496 e. The Hall–Kier alpha value is -1.02. The topological polar surface area (TPSA) is 56.3 Å². The predicted molar refractivity (Wildman–Crippen MR) is 88.0 cm³/mol. The summed E-state index contributed by atoms with van der Waals surface area (Å²) in [6.07, 6.45) is 0.861. The van der Waals surface area contributed by atoms with Gasteiger partial charge in [-0.2, -0.15) is 0 Å². The normalized spacial score (nSPS) is 10.8. The van der Waals surface area contributed by atoms with E-state index in [-0.39, 0.29) is 0 Å². The molecule has 0 atom stereocenters. The SMILES string of the molecule is COCCNCCc1nnc(-c2ccc(Br)cc2OC)s1. The Labute approximate surface area is 136 Å². The quantitative estimate of drug-likeness (QED) is 0.723. The van der Waals surface area contributed by atoms with Crippen LogP contribution in [-0.2, 0) is 11.2 Å². The second kappa shape index (κ2) is 8.43. The number of rotatable bonds is 8. The molecule has 7 heteroatoms. The van der Waals surface area contributed by atoms with Crippen LogP contribution in [0.1, 0.15) is 5.01 Å². The van der Waals surface area contributed by atoms with E-state index in [1.807, 2.05) is 18.2 Å². The van der Waals surface area contributed by atoms with Gasteiger partial charge < -0.3 is 14.8 Å². The van der Waals surface area contributed by atoms with Gasteiger partial charge in [-0.25, -0.2) is 0 Å². The number of halogens is 1. The first-order chi connectivity index (χ1) is 10.2. The first kappa shape index (κ1) is 16.4. The molecule has 0 saturated heterocycles. The van der Waals surface area contributed by atoms with Crippen molar-refractivity contribution in [2.24, 2.45) is 0 Å². The van der Waals surface area contributed by atoms with Crippen LogP contribution in [0.5, 0.6) is 5.75 Å². The van der Waals surface area contributed by atoms with Crippen LogP contribution in [0, 0.1) is 0 Å². The van der Waals surface area contributed by atoms with Gasteiger partial charge in [-0.05, 0) is 18.2 Å². The van der Waals surface area contributed by atoms with E-state index in [0.717, 1.165) is 51.9 Å². The number of nitrogens with one attached hydrogen (secondary N) is 1. The minimum absolute atomic E-state index is 0.720. The van der Waals surface area contributed by atoms with E-state index >= 15 is 0 Å². The van der Waals surface area contributed by atoms with Crippen LogP contribution in [0.25, 0.3) is 10.6 Å². The molecule has 1 aromatic carbocycles. The molecule has 0 amide bonds. The third-order valence-corrected chi connectivity index (χ3v) is 4.37. The van der Waals surface area contributed by atoms with Gasteiger partial charge in [0.1, 0.15) is 10.8 Å². The zero-order valence-corrected chi connectivity index (χ0v) is 14.5. The molecule has 1 heterocycles. The Morgan fingerprint density at radius 1 is 1.24 bits per heavy atom. The van der Waals surface area contributed by atoms with Gasteiger partial charge in [-0.3, -0.25) is 0 Å². The van der Waals surface area contributed by atoms with E-state index < -0.39 is 0 Å². The van der Waals surface area contributed by atoms with Crippen LogP contribution >= 0.6 is 27.3 Å². The second-order valence-electron chi connectivity index (χ2n) is 4.34. The van der Waals surface area contributed by atoms with E-state index in [2.05, 4.69) is 31.4 Å². The van der Waals surface area contributed by atoms with Crippen molar-refractivity contribution >= 4 is 27.3 Å². The number of hydrogen-bond donors (Lipinski definition) is 1. The third kappa shape index (κ3) is 4.74. The van der Waals surface area contributed by atoms with Crippen LogP contribution in [0.2, 0.25) is 0 Å². The Bertz CT molecular complexity index is 577. The molecule has 0 spiro atoms. The number of benzene rings is 1. The first-order valence-electron chi connectivity index (χ1n) is 6.60. The highest BCUT2D eigenvalue weighted by molar-refractivity contribution is 9.10. The highest BCUT2D eigenvalue weighted by Gasteiger charge is 2.12. The molecule has 2 rings (SSSR count). The van der Waals surface area contributed by atoms with E-state index in [1.54, 1.807) is 25.6 Å². The highest BCUT2D eigenvalue weighted by atomic mass is 79.9. The molecule has 0 aliphatic carbocycles. The van der Waals surface area contributed by atoms with E-state index in [1.165, 1.54) is 0 Å². The Morgan fingerprint density at radius 3 is 2.86 bits per heavy atom. The van der Waals surface area contributed by atoms with Gasteiger partial charge in [0, 0.05) is 31.1 Å². The number of hydrogen-bond acceptors (Lipinski definition) is 6. The van der Waals surface area contributed by atoms with Crippen molar-refractivity contribution < 1.29 is 9.47 Å². The molecule has 2 aromatic rings. The summed E-state index contributed by atoms with van der Waals surface area (Å²) in [5.74, 6) is 0.797. The van der Waals surface area contributed by atoms with Gasteiger partial charge in [0.2, 0.25) is 0 Å². The molecule has 0 bridgehead atoms. The summed E-state index contributed by atoms with van der Waals surface area (Å²) in [4.78, 5) is 0. The maximum Gasteiger partial charge on any atom is 0.151 e. The summed E-state index contributed by atoms with van der Waals surface area (Å²) in [5, 5.41) is 13.7. The highest BCUT2D eigenvalue weighted by Crippen LogP contribution is 2.34. The Morgan fingerprint density at radius 2 is 2.10 bits per heavy atom. The zero-order chi connectivity index (χ0) is 15.1. The van der Waals surface area contributed by atoms with Crippen LogP contribution in [-0.4, -0.2) is 44.1 Å². The molecule has 0 fully saturated rings. The standard InChI is InChI=1S/C14H18BrN3O2S/c1-19-8-7-16-6-5-13-17-18-14(21-13)11-4-3-10(15)9-12(11)20-2/h3-4,9,16H,5-8H2,1-2H3. The van der Waals surface area contributed by atoms with Gasteiger partial charge >= 0.3 is 0 Å². The summed E-state index contributed by atoms with van der Waals surface area (Å²) < 4.78 is 11.4. The molecular weight excluding hydrogens is 354 g/mol. The average molecular weight is 372 g/mol. The van der Waals surface area contributed by atoms with Gasteiger partial charge in [-0.1, -0.05) is 27.3 Å². The number of ether oxygens (including phenoxy) is 2. The summed E-state index contributed by atoms with van der Waals surface area (Å²) in [6, 6.07) is 5.90. The number of nitrogens with zero attached hydrogens (tertiary/aromatic N) is 2. The fraction of sp³-hybridized carbons (Fsp3) is 0.429. The third-order valence-electron chi connectivity index (χ3n) is 2.86. The lowest BCUT2D eigenvalue weighted by Gasteiger charge is -2.05. The van der Waals surface area contributed by atoms with Crippen molar-refractivity contribution in [3.63, 3.8) is 0 Å².